The van der Waals surface area contributed by atoms with Crippen LogP contribution < -0.4 is 0 Å². The molecule has 1 aromatic carbocycles. The summed E-state index contributed by atoms with van der Waals surface area (Å²) < 4.78 is 0. The predicted octanol–water partition coefficient (Wildman–Crippen LogP) is 2.50. The van der Waals surface area contributed by atoms with Gasteiger partial charge in [-0.3, -0.25) is 9.89 Å². The SMILES string of the molecule is Cc1n[nH]c(C)c1CCC(=O)N1Cc2ccccc2C1. The Labute approximate surface area is 118 Å². The van der Waals surface area contributed by atoms with Crippen LogP contribution in [0, 0.1) is 13.8 Å². The first kappa shape index (κ1) is 12.9. The summed E-state index contributed by atoms with van der Waals surface area (Å²) in [5, 5.41) is 7.14. The second kappa shape index (κ2) is 5.12. The molecule has 1 aliphatic heterocycles. The largest absolute Gasteiger partial charge is 0.334 e. The number of hydrogen-bond acceptors (Lipinski definition) is 2. The van der Waals surface area contributed by atoms with Gasteiger partial charge in [0.15, 0.2) is 0 Å². The molecule has 1 aliphatic rings. The van der Waals surface area contributed by atoms with E-state index < -0.39 is 0 Å². The van der Waals surface area contributed by atoms with E-state index in [4.69, 9.17) is 0 Å². The normalized spacial score (nSPS) is 13.6. The number of nitrogens with zero attached hydrogens (tertiary/aromatic N) is 2. The minimum atomic E-state index is 0.223. The topological polar surface area (TPSA) is 49.0 Å². The average molecular weight is 269 g/mol. The Morgan fingerprint density at radius 2 is 1.90 bits per heavy atom. The number of fused-ring (bicyclic) bond motifs is 1. The van der Waals surface area contributed by atoms with Crippen molar-refractivity contribution >= 4 is 5.91 Å². The van der Waals surface area contributed by atoms with Crippen LogP contribution in [-0.4, -0.2) is 21.0 Å². The molecule has 20 heavy (non-hydrogen) atoms. The number of amides is 1. The van der Waals surface area contributed by atoms with Crippen molar-refractivity contribution in [3.05, 3.63) is 52.3 Å². The van der Waals surface area contributed by atoms with Gasteiger partial charge < -0.3 is 4.90 Å². The molecule has 0 unspecified atom stereocenters. The van der Waals surface area contributed by atoms with E-state index in [9.17, 15) is 4.79 Å². The first-order chi connectivity index (χ1) is 9.65. The number of H-pyrrole nitrogens is 1. The summed E-state index contributed by atoms with van der Waals surface area (Å²) >= 11 is 0. The number of benzene rings is 1. The van der Waals surface area contributed by atoms with Gasteiger partial charge in [0.2, 0.25) is 5.91 Å². The molecule has 0 radical (unpaired) electrons. The van der Waals surface area contributed by atoms with Crippen LogP contribution in [-0.2, 0) is 24.3 Å². The molecule has 104 valence electrons. The lowest BCUT2D eigenvalue weighted by atomic mass is 10.1. The smallest absolute Gasteiger partial charge is 0.223 e. The fraction of sp³-hybridized carbons (Fsp3) is 0.375. The summed E-state index contributed by atoms with van der Waals surface area (Å²) in [5.41, 5.74) is 5.79. The van der Waals surface area contributed by atoms with Gasteiger partial charge >= 0.3 is 0 Å². The number of carbonyl (C=O) groups excluding carboxylic acids is 1. The standard InChI is InChI=1S/C16H19N3O/c1-11-15(12(2)18-17-11)7-8-16(20)19-9-13-5-3-4-6-14(13)10-19/h3-6H,7-10H2,1-2H3,(H,17,18). The number of aromatic amines is 1. The van der Waals surface area contributed by atoms with Gasteiger partial charge in [-0.05, 0) is 37.0 Å². The fourth-order valence-corrected chi connectivity index (χ4v) is 2.84. The highest BCUT2D eigenvalue weighted by atomic mass is 16.2. The zero-order chi connectivity index (χ0) is 14.1. The van der Waals surface area contributed by atoms with Gasteiger partial charge in [-0.2, -0.15) is 5.10 Å². The molecule has 0 spiro atoms. The second-order valence-corrected chi connectivity index (χ2v) is 5.43. The van der Waals surface area contributed by atoms with Crippen LogP contribution in [0.25, 0.3) is 0 Å². The zero-order valence-electron chi connectivity index (χ0n) is 11.9. The number of aromatic nitrogens is 2. The Hall–Kier alpha value is -2.10. The quantitative estimate of drug-likeness (QED) is 0.930. The van der Waals surface area contributed by atoms with Gasteiger partial charge in [-0.15, -0.1) is 0 Å². The lowest BCUT2D eigenvalue weighted by Crippen LogP contribution is -2.25. The summed E-state index contributed by atoms with van der Waals surface area (Å²) in [7, 11) is 0. The van der Waals surface area contributed by atoms with Crippen LogP contribution in [0.4, 0.5) is 0 Å². The maximum absolute atomic E-state index is 12.3. The molecular formula is C16H19N3O. The van der Waals surface area contributed by atoms with Gasteiger partial charge in [0.25, 0.3) is 0 Å². The van der Waals surface area contributed by atoms with Crippen molar-refractivity contribution in [3.63, 3.8) is 0 Å². The van der Waals surface area contributed by atoms with E-state index in [2.05, 4.69) is 22.3 Å². The molecule has 0 saturated heterocycles. The van der Waals surface area contributed by atoms with Crippen molar-refractivity contribution < 1.29 is 4.79 Å². The summed E-state index contributed by atoms with van der Waals surface area (Å²) in [4.78, 5) is 14.3. The van der Waals surface area contributed by atoms with Crippen LogP contribution in [0.1, 0.15) is 34.5 Å². The number of carbonyl (C=O) groups is 1. The van der Waals surface area contributed by atoms with Crippen molar-refractivity contribution in [1.82, 2.24) is 15.1 Å². The van der Waals surface area contributed by atoms with Gasteiger partial charge in [-0.25, -0.2) is 0 Å². The Morgan fingerprint density at radius 1 is 1.25 bits per heavy atom. The Morgan fingerprint density at radius 3 is 2.45 bits per heavy atom. The van der Waals surface area contributed by atoms with Crippen molar-refractivity contribution in [2.75, 3.05) is 0 Å². The molecule has 1 N–H and O–H groups in total. The maximum Gasteiger partial charge on any atom is 0.223 e. The summed E-state index contributed by atoms with van der Waals surface area (Å²) in [6.45, 7) is 5.48. The Balaban J connectivity index is 1.62. The first-order valence-corrected chi connectivity index (χ1v) is 7.00. The summed E-state index contributed by atoms with van der Waals surface area (Å²) in [6.07, 6.45) is 1.31. The molecule has 2 aromatic rings. The average Bonchev–Trinajstić information content (AvgIpc) is 3.01. The van der Waals surface area contributed by atoms with Gasteiger partial charge in [0.05, 0.1) is 5.69 Å². The number of rotatable bonds is 3. The monoisotopic (exact) mass is 269 g/mol. The third kappa shape index (κ3) is 2.33. The molecule has 3 rings (SSSR count). The van der Waals surface area contributed by atoms with E-state index >= 15 is 0 Å². The number of aryl methyl sites for hydroxylation is 2. The molecule has 0 bridgehead atoms. The van der Waals surface area contributed by atoms with Crippen LogP contribution in [0.2, 0.25) is 0 Å². The highest BCUT2D eigenvalue weighted by molar-refractivity contribution is 5.77. The summed E-state index contributed by atoms with van der Waals surface area (Å²) in [5.74, 6) is 0.223. The first-order valence-electron chi connectivity index (χ1n) is 7.00. The molecular weight excluding hydrogens is 250 g/mol. The number of hydrogen-bond donors (Lipinski definition) is 1. The third-order valence-electron chi connectivity index (χ3n) is 4.06. The third-order valence-corrected chi connectivity index (χ3v) is 4.06. The Bertz CT molecular complexity index is 600. The molecule has 4 heteroatoms. The van der Waals surface area contributed by atoms with E-state index in [0.29, 0.717) is 6.42 Å². The van der Waals surface area contributed by atoms with Gasteiger partial charge in [-0.1, -0.05) is 24.3 Å². The molecule has 0 atom stereocenters. The molecule has 1 amide bonds. The predicted molar refractivity (Wildman–Crippen MR) is 77.1 cm³/mol. The highest BCUT2D eigenvalue weighted by Gasteiger charge is 2.22. The molecule has 0 saturated carbocycles. The van der Waals surface area contributed by atoms with Crippen LogP contribution in [0.5, 0.6) is 0 Å². The van der Waals surface area contributed by atoms with Crippen molar-refractivity contribution in [2.24, 2.45) is 0 Å². The fourth-order valence-electron chi connectivity index (χ4n) is 2.84. The molecule has 0 aliphatic carbocycles. The van der Waals surface area contributed by atoms with E-state index in [1.54, 1.807) is 0 Å². The highest BCUT2D eigenvalue weighted by Crippen LogP contribution is 2.23. The van der Waals surface area contributed by atoms with E-state index in [-0.39, 0.29) is 5.91 Å². The zero-order valence-corrected chi connectivity index (χ0v) is 11.9. The van der Waals surface area contributed by atoms with E-state index in [1.165, 1.54) is 16.7 Å². The molecule has 0 fully saturated rings. The molecule has 2 heterocycles. The minimum Gasteiger partial charge on any atom is -0.334 e. The van der Waals surface area contributed by atoms with Crippen LogP contribution in [0.3, 0.4) is 0 Å². The lowest BCUT2D eigenvalue weighted by Gasteiger charge is -2.15. The summed E-state index contributed by atoms with van der Waals surface area (Å²) in [6, 6.07) is 8.27. The van der Waals surface area contributed by atoms with E-state index in [1.807, 2.05) is 30.9 Å². The molecule has 4 nitrogen and oxygen atoms in total. The van der Waals surface area contributed by atoms with E-state index in [0.717, 1.165) is 30.9 Å². The van der Waals surface area contributed by atoms with Crippen molar-refractivity contribution in [3.8, 4) is 0 Å². The van der Waals surface area contributed by atoms with Crippen LogP contribution in [0.15, 0.2) is 24.3 Å². The minimum absolute atomic E-state index is 0.223. The van der Waals surface area contributed by atoms with Gasteiger partial charge in [0.1, 0.15) is 0 Å². The van der Waals surface area contributed by atoms with Gasteiger partial charge in [0, 0.05) is 25.2 Å². The maximum atomic E-state index is 12.3. The van der Waals surface area contributed by atoms with Crippen molar-refractivity contribution in [2.45, 2.75) is 39.8 Å². The van der Waals surface area contributed by atoms with Crippen molar-refractivity contribution in [1.29, 1.82) is 0 Å². The Kier molecular flexibility index (Phi) is 3.30. The second-order valence-electron chi connectivity index (χ2n) is 5.43. The van der Waals surface area contributed by atoms with Crippen LogP contribution >= 0.6 is 0 Å². The lowest BCUT2D eigenvalue weighted by molar-refractivity contribution is -0.131. The number of nitrogens with one attached hydrogen (secondary N) is 1. The molecule has 1 aromatic heterocycles.